The molecule has 1 aliphatic heterocycles. The number of benzene rings is 1. The summed E-state index contributed by atoms with van der Waals surface area (Å²) in [7, 11) is 2.13. The number of hydrogen-bond donors (Lipinski definition) is 1. The molecule has 0 saturated carbocycles. The summed E-state index contributed by atoms with van der Waals surface area (Å²) in [6.07, 6.45) is 2.27. The minimum absolute atomic E-state index is 0.205. The Morgan fingerprint density at radius 3 is 2.67 bits per heavy atom. The first-order valence-corrected chi connectivity index (χ1v) is 7.84. The van der Waals surface area contributed by atoms with Crippen molar-refractivity contribution in [1.29, 1.82) is 0 Å². The first-order chi connectivity index (χ1) is 10.1. The normalized spacial score (nSPS) is 19.7. The van der Waals surface area contributed by atoms with Gasteiger partial charge in [-0.1, -0.05) is 25.1 Å². The molecule has 0 aliphatic carbocycles. The second-order valence-corrected chi connectivity index (χ2v) is 6.30. The third kappa shape index (κ3) is 4.77. The molecule has 118 valence electrons. The molecule has 0 aromatic heterocycles. The summed E-state index contributed by atoms with van der Waals surface area (Å²) in [5.74, 6) is 0.719. The maximum atomic E-state index is 13.8. The largest absolute Gasteiger partial charge is 0.381 e. The van der Waals surface area contributed by atoms with Crippen LogP contribution in [0, 0.1) is 17.7 Å². The molecule has 0 spiro atoms. The third-order valence-corrected chi connectivity index (χ3v) is 4.39. The van der Waals surface area contributed by atoms with E-state index in [1.165, 1.54) is 6.07 Å². The van der Waals surface area contributed by atoms with Crippen LogP contribution in [0.2, 0.25) is 0 Å². The molecular formula is C17H27FN2O. The molecule has 0 bridgehead atoms. The molecular weight excluding hydrogens is 267 g/mol. The topological polar surface area (TPSA) is 38.5 Å². The molecule has 2 atom stereocenters. The van der Waals surface area contributed by atoms with E-state index in [0.717, 1.165) is 39.1 Å². The minimum Gasteiger partial charge on any atom is -0.381 e. The van der Waals surface area contributed by atoms with Crippen LogP contribution in [0.5, 0.6) is 0 Å². The van der Waals surface area contributed by atoms with Gasteiger partial charge in [-0.05, 0) is 37.8 Å². The Bertz CT molecular complexity index is 435. The van der Waals surface area contributed by atoms with E-state index in [9.17, 15) is 4.39 Å². The molecule has 4 heteroatoms. The summed E-state index contributed by atoms with van der Waals surface area (Å²) in [6, 6.07) is 6.55. The van der Waals surface area contributed by atoms with Gasteiger partial charge in [0, 0.05) is 37.9 Å². The maximum Gasteiger partial charge on any atom is 0.127 e. The van der Waals surface area contributed by atoms with Gasteiger partial charge in [0.25, 0.3) is 0 Å². The number of nitrogens with two attached hydrogens (primary N) is 1. The van der Waals surface area contributed by atoms with E-state index in [-0.39, 0.29) is 17.8 Å². The lowest BCUT2D eigenvalue weighted by molar-refractivity contribution is 0.0538. The summed E-state index contributed by atoms with van der Waals surface area (Å²) < 4.78 is 19.2. The van der Waals surface area contributed by atoms with E-state index in [4.69, 9.17) is 10.5 Å². The van der Waals surface area contributed by atoms with Gasteiger partial charge in [-0.2, -0.15) is 0 Å². The fourth-order valence-electron chi connectivity index (χ4n) is 3.10. The zero-order valence-electron chi connectivity index (χ0n) is 13.1. The van der Waals surface area contributed by atoms with Crippen molar-refractivity contribution in [2.45, 2.75) is 25.8 Å². The molecule has 1 fully saturated rings. The van der Waals surface area contributed by atoms with Crippen LogP contribution < -0.4 is 5.73 Å². The number of rotatable bonds is 6. The molecule has 1 aliphatic rings. The van der Waals surface area contributed by atoms with Gasteiger partial charge in [0.2, 0.25) is 0 Å². The van der Waals surface area contributed by atoms with Crippen LogP contribution in [0.25, 0.3) is 0 Å². The zero-order chi connectivity index (χ0) is 15.2. The fourth-order valence-corrected chi connectivity index (χ4v) is 3.10. The Kier molecular flexibility index (Phi) is 6.15. The molecule has 1 heterocycles. The van der Waals surface area contributed by atoms with E-state index in [0.29, 0.717) is 11.5 Å². The Hall–Kier alpha value is -0.970. The smallest absolute Gasteiger partial charge is 0.127 e. The van der Waals surface area contributed by atoms with E-state index in [1.807, 2.05) is 6.07 Å². The highest BCUT2D eigenvalue weighted by Crippen LogP contribution is 2.23. The van der Waals surface area contributed by atoms with E-state index >= 15 is 0 Å². The highest BCUT2D eigenvalue weighted by Gasteiger charge is 2.21. The van der Waals surface area contributed by atoms with Gasteiger partial charge < -0.3 is 15.4 Å². The molecule has 2 N–H and O–H groups in total. The number of hydrogen-bond acceptors (Lipinski definition) is 3. The van der Waals surface area contributed by atoms with Crippen LogP contribution in [0.4, 0.5) is 4.39 Å². The molecule has 1 aromatic carbocycles. The maximum absolute atomic E-state index is 13.8. The highest BCUT2D eigenvalue weighted by atomic mass is 19.1. The average molecular weight is 294 g/mol. The van der Waals surface area contributed by atoms with Crippen molar-refractivity contribution in [1.82, 2.24) is 4.90 Å². The highest BCUT2D eigenvalue weighted by molar-refractivity contribution is 5.21. The van der Waals surface area contributed by atoms with Crippen LogP contribution in [-0.2, 0) is 4.74 Å². The molecule has 0 amide bonds. The minimum atomic E-state index is -0.261. The van der Waals surface area contributed by atoms with Crippen molar-refractivity contribution in [3.05, 3.63) is 35.6 Å². The lowest BCUT2D eigenvalue weighted by atomic mass is 9.93. The second kappa shape index (κ2) is 7.87. The Morgan fingerprint density at radius 2 is 2.00 bits per heavy atom. The number of halogens is 1. The van der Waals surface area contributed by atoms with E-state index < -0.39 is 0 Å². The van der Waals surface area contributed by atoms with Gasteiger partial charge in [-0.25, -0.2) is 4.39 Å². The van der Waals surface area contributed by atoms with Crippen molar-refractivity contribution in [3.8, 4) is 0 Å². The predicted molar refractivity (Wildman–Crippen MR) is 83.5 cm³/mol. The summed E-state index contributed by atoms with van der Waals surface area (Å²) in [5.41, 5.74) is 6.85. The van der Waals surface area contributed by atoms with Gasteiger partial charge in [0.15, 0.2) is 0 Å². The Morgan fingerprint density at radius 1 is 1.33 bits per heavy atom. The summed E-state index contributed by atoms with van der Waals surface area (Å²) in [5, 5.41) is 0. The van der Waals surface area contributed by atoms with Crippen LogP contribution in [0.1, 0.15) is 31.4 Å². The average Bonchev–Trinajstić information content (AvgIpc) is 2.48. The molecule has 21 heavy (non-hydrogen) atoms. The lowest BCUT2D eigenvalue weighted by Crippen LogP contribution is -2.35. The Labute approximate surface area is 127 Å². The van der Waals surface area contributed by atoms with Crippen molar-refractivity contribution < 1.29 is 9.13 Å². The fraction of sp³-hybridized carbons (Fsp3) is 0.647. The quantitative estimate of drug-likeness (QED) is 0.877. The summed E-state index contributed by atoms with van der Waals surface area (Å²) >= 11 is 0. The summed E-state index contributed by atoms with van der Waals surface area (Å²) in [4.78, 5) is 2.32. The Balaban J connectivity index is 1.85. The molecule has 1 saturated heterocycles. The van der Waals surface area contributed by atoms with E-state index in [1.54, 1.807) is 12.1 Å². The zero-order valence-corrected chi connectivity index (χ0v) is 13.1. The van der Waals surface area contributed by atoms with Crippen LogP contribution in [0.15, 0.2) is 24.3 Å². The molecule has 1 aromatic rings. The SMILES string of the molecule is CC(CN(C)CC1CCOCC1)C(N)c1ccccc1F. The van der Waals surface area contributed by atoms with Crippen molar-refractivity contribution >= 4 is 0 Å². The molecule has 3 nitrogen and oxygen atoms in total. The van der Waals surface area contributed by atoms with Crippen molar-refractivity contribution in [2.75, 3.05) is 33.4 Å². The number of ether oxygens (including phenoxy) is 1. The van der Waals surface area contributed by atoms with Gasteiger partial charge in [0.05, 0.1) is 0 Å². The van der Waals surface area contributed by atoms with Gasteiger partial charge in [0.1, 0.15) is 5.82 Å². The first kappa shape index (κ1) is 16.4. The molecule has 2 rings (SSSR count). The summed E-state index contributed by atoms with van der Waals surface area (Å²) in [6.45, 7) is 5.80. The third-order valence-electron chi connectivity index (χ3n) is 4.39. The first-order valence-electron chi connectivity index (χ1n) is 7.84. The van der Waals surface area contributed by atoms with E-state index in [2.05, 4.69) is 18.9 Å². The van der Waals surface area contributed by atoms with Crippen molar-refractivity contribution in [3.63, 3.8) is 0 Å². The number of nitrogens with zero attached hydrogens (tertiary/aromatic N) is 1. The molecule has 0 radical (unpaired) electrons. The van der Waals surface area contributed by atoms with Gasteiger partial charge in [-0.3, -0.25) is 0 Å². The van der Waals surface area contributed by atoms with Gasteiger partial charge >= 0.3 is 0 Å². The predicted octanol–water partition coefficient (Wildman–Crippen LogP) is 2.82. The van der Waals surface area contributed by atoms with Crippen LogP contribution in [0.3, 0.4) is 0 Å². The second-order valence-electron chi connectivity index (χ2n) is 6.30. The van der Waals surface area contributed by atoms with Crippen LogP contribution in [-0.4, -0.2) is 38.3 Å². The van der Waals surface area contributed by atoms with Crippen LogP contribution >= 0.6 is 0 Å². The lowest BCUT2D eigenvalue weighted by Gasteiger charge is -2.30. The van der Waals surface area contributed by atoms with Gasteiger partial charge in [-0.15, -0.1) is 0 Å². The standard InChI is InChI=1S/C17H27FN2O/c1-13(17(19)15-5-3-4-6-16(15)18)11-20(2)12-14-7-9-21-10-8-14/h3-6,13-14,17H,7-12,19H2,1-2H3. The van der Waals surface area contributed by atoms with Crippen molar-refractivity contribution in [2.24, 2.45) is 17.6 Å². The molecule has 2 unspecified atom stereocenters. The monoisotopic (exact) mass is 294 g/mol.